The number of halogens is 4. The maximum Gasteiger partial charge on any atom is 0.387 e. The van der Waals surface area contributed by atoms with Crippen molar-refractivity contribution < 1.29 is 13.5 Å². The summed E-state index contributed by atoms with van der Waals surface area (Å²) in [6, 6.07) is 3.93. The van der Waals surface area contributed by atoms with E-state index >= 15 is 0 Å². The molecule has 7 heteroatoms. The first-order chi connectivity index (χ1) is 9.86. The number of likely N-dealkylation sites (tertiary alicyclic amines) is 1. The molecule has 21 heavy (non-hydrogen) atoms. The molecule has 0 aromatic heterocycles. The minimum atomic E-state index is -2.95. The molecule has 3 nitrogen and oxygen atoms in total. The Bertz CT molecular complexity index is 479. The van der Waals surface area contributed by atoms with Crippen LogP contribution in [0.2, 0.25) is 10.0 Å². The Morgan fingerprint density at radius 3 is 2.48 bits per heavy atom. The van der Waals surface area contributed by atoms with Gasteiger partial charge in [0.05, 0.1) is 10.0 Å². The number of hydrogen-bond acceptors (Lipinski definition) is 3. The van der Waals surface area contributed by atoms with E-state index < -0.39 is 6.61 Å². The minimum Gasteiger partial charge on any atom is -0.432 e. The average molecular weight is 339 g/mol. The van der Waals surface area contributed by atoms with Gasteiger partial charge in [0.25, 0.3) is 0 Å². The molecule has 0 spiro atoms. The first kappa shape index (κ1) is 16.6. The van der Waals surface area contributed by atoms with Gasteiger partial charge in [-0.15, -0.1) is 0 Å². The van der Waals surface area contributed by atoms with E-state index in [4.69, 9.17) is 23.2 Å². The zero-order chi connectivity index (χ0) is 15.6. The van der Waals surface area contributed by atoms with Crippen LogP contribution in [-0.4, -0.2) is 37.2 Å². The van der Waals surface area contributed by atoms with Crippen LogP contribution in [0.15, 0.2) is 12.1 Å². The largest absolute Gasteiger partial charge is 0.432 e. The lowest BCUT2D eigenvalue weighted by Gasteiger charge is -2.35. The first-order valence-corrected chi connectivity index (χ1v) is 7.53. The summed E-state index contributed by atoms with van der Waals surface area (Å²) >= 11 is 11.9. The van der Waals surface area contributed by atoms with E-state index in [0.717, 1.165) is 19.4 Å². The summed E-state index contributed by atoms with van der Waals surface area (Å²) < 4.78 is 28.9. The molecule has 2 atom stereocenters. The number of ether oxygens (including phenoxy) is 1. The number of nitrogens with zero attached hydrogens (tertiary/aromatic N) is 1. The smallest absolute Gasteiger partial charge is 0.387 e. The van der Waals surface area contributed by atoms with Gasteiger partial charge in [-0.2, -0.15) is 8.78 Å². The molecule has 0 radical (unpaired) electrons. The van der Waals surface area contributed by atoms with Crippen molar-refractivity contribution in [2.45, 2.75) is 38.5 Å². The van der Waals surface area contributed by atoms with E-state index in [1.54, 1.807) is 12.1 Å². The summed E-state index contributed by atoms with van der Waals surface area (Å²) in [4.78, 5) is 2.30. The predicted molar refractivity (Wildman–Crippen MR) is 81.8 cm³/mol. The molecule has 1 fully saturated rings. The van der Waals surface area contributed by atoms with Crippen molar-refractivity contribution in [2.24, 2.45) is 0 Å². The molecule has 1 aliphatic heterocycles. The summed E-state index contributed by atoms with van der Waals surface area (Å²) in [5.41, 5.74) is 0.716. The number of alkyl halides is 2. The SMILES string of the molecule is CC1CC(Nc2cc(Cl)c(OC(F)F)c(Cl)c2)CCN1C. The molecule has 0 saturated carbocycles. The van der Waals surface area contributed by atoms with Crippen molar-refractivity contribution in [3.05, 3.63) is 22.2 Å². The van der Waals surface area contributed by atoms with Crippen molar-refractivity contribution in [1.29, 1.82) is 0 Å². The number of benzene rings is 1. The van der Waals surface area contributed by atoms with Crippen LogP contribution in [0.5, 0.6) is 5.75 Å². The predicted octanol–water partition coefficient (Wildman–Crippen LogP) is 4.49. The van der Waals surface area contributed by atoms with Crippen LogP contribution < -0.4 is 10.1 Å². The monoisotopic (exact) mass is 338 g/mol. The molecule has 2 unspecified atom stereocenters. The van der Waals surface area contributed by atoms with Crippen molar-refractivity contribution in [3.63, 3.8) is 0 Å². The Morgan fingerprint density at radius 2 is 1.95 bits per heavy atom. The number of rotatable bonds is 4. The molecular formula is C14H18Cl2F2N2O. The van der Waals surface area contributed by atoms with E-state index in [0.29, 0.717) is 17.8 Å². The molecule has 1 aromatic carbocycles. The van der Waals surface area contributed by atoms with Crippen LogP contribution in [0.3, 0.4) is 0 Å². The number of anilines is 1. The van der Waals surface area contributed by atoms with Gasteiger partial charge in [0.15, 0.2) is 5.75 Å². The number of piperidine rings is 1. The number of hydrogen-bond donors (Lipinski definition) is 1. The molecule has 1 saturated heterocycles. The molecular weight excluding hydrogens is 321 g/mol. The fourth-order valence-electron chi connectivity index (χ4n) is 2.50. The molecule has 0 amide bonds. The zero-order valence-electron chi connectivity index (χ0n) is 11.9. The van der Waals surface area contributed by atoms with Gasteiger partial charge in [0, 0.05) is 24.3 Å². The van der Waals surface area contributed by atoms with E-state index in [1.165, 1.54) is 0 Å². The molecule has 1 heterocycles. The third kappa shape index (κ3) is 4.34. The highest BCUT2D eigenvalue weighted by atomic mass is 35.5. The average Bonchev–Trinajstić information content (AvgIpc) is 2.38. The molecule has 1 aromatic rings. The fraction of sp³-hybridized carbons (Fsp3) is 0.571. The van der Waals surface area contributed by atoms with Gasteiger partial charge in [-0.1, -0.05) is 23.2 Å². The van der Waals surface area contributed by atoms with Crippen molar-refractivity contribution in [3.8, 4) is 5.75 Å². The standard InChI is InChI=1S/C14H18Cl2F2N2O/c1-8-5-9(3-4-20(8)2)19-10-6-11(15)13(12(16)7-10)21-14(17)18/h6-9,14,19H,3-5H2,1-2H3. The minimum absolute atomic E-state index is 0.0753. The van der Waals surface area contributed by atoms with E-state index in [2.05, 4.69) is 28.9 Å². The van der Waals surface area contributed by atoms with Gasteiger partial charge in [-0.3, -0.25) is 0 Å². The second-order valence-electron chi connectivity index (χ2n) is 5.34. The van der Waals surface area contributed by atoms with Crippen molar-refractivity contribution >= 4 is 28.9 Å². The third-order valence-corrected chi connectivity index (χ3v) is 4.35. The number of nitrogens with one attached hydrogen (secondary N) is 1. The second kappa shape index (κ2) is 6.99. The van der Waals surface area contributed by atoms with E-state index in [1.807, 2.05) is 0 Å². The normalized spacial score (nSPS) is 23.4. The topological polar surface area (TPSA) is 24.5 Å². The summed E-state index contributed by atoms with van der Waals surface area (Å²) in [5, 5.41) is 3.51. The maximum absolute atomic E-state index is 12.3. The van der Waals surface area contributed by atoms with Gasteiger partial charge in [0.2, 0.25) is 0 Å². The van der Waals surface area contributed by atoms with Gasteiger partial charge >= 0.3 is 6.61 Å². The molecule has 1 N–H and O–H groups in total. The Kier molecular flexibility index (Phi) is 5.52. The summed E-state index contributed by atoms with van der Waals surface area (Å²) in [6.45, 7) is 0.230. The molecule has 0 aliphatic carbocycles. The lowest BCUT2D eigenvalue weighted by Crippen LogP contribution is -2.42. The van der Waals surface area contributed by atoms with Crippen LogP contribution in [-0.2, 0) is 0 Å². The highest BCUT2D eigenvalue weighted by molar-refractivity contribution is 6.37. The summed E-state index contributed by atoms with van der Waals surface area (Å²) in [5.74, 6) is -0.185. The first-order valence-electron chi connectivity index (χ1n) is 6.77. The summed E-state index contributed by atoms with van der Waals surface area (Å²) in [7, 11) is 2.10. The van der Waals surface area contributed by atoms with Crippen LogP contribution in [0.4, 0.5) is 14.5 Å². The Balaban J connectivity index is 2.08. The highest BCUT2D eigenvalue weighted by Gasteiger charge is 2.23. The quantitative estimate of drug-likeness (QED) is 0.875. The molecule has 118 valence electrons. The maximum atomic E-state index is 12.3. The van der Waals surface area contributed by atoms with Crippen molar-refractivity contribution in [1.82, 2.24) is 4.90 Å². The van der Waals surface area contributed by atoms with Crippen LogP contribution in [0, 0.1) is 0 Å². The Labute approximate surface area is 133 Å². The van der Waals surface area contributed by atoms with Crippen LogP contribution in [0.25, 0.3) is 0 Å². The third-order valence-electron chi connectivity index (χ3n) is 3.78. The second-order valence-corrected chi connectivity index (χ2v) is 6.16. The van der Waals surface area contributed by atoms with E-state index in [9.17, 15) is 8.78 Å². The van der Waals surface area contributed by atoms with Gasteiger partial charge in [-0.25, -0.2) is 0 Å². The zero-order valence-corrected chi connectivity index (χ0v) is 13.4. The Hall–Kier alpha value is -0.780. The van der Waals surface area contributed by atoms with Gasteiger partial charge in [-0.05, 0) is 38.9 Å². The Morgan fingerprint density at radius 1 is 1.33 bits per heavy atom. The lowest BCUT2D eigenvalue weighted by molar-refractivity contribution is -0.0497. The molecule has 0 bridgehead atoms. The van der Waals surface area contributed by atoms with Crippen LogP contribution >= 0.6 is 23.2 Å². The fourth-order valence-corrected chi connectivity index (χ4v) is 3.08. The molecule has 2 rings (SSSR count). The molecule has 1 aliphatic rings. The summed E-state index contributed by atoms with van der Waals surface area (Å²) in [6.07, 6.45) is 2.01. The van der Waals surface area contributed by atoms with Crippen LogP contribution in [0.1, 0.15) is 19.8 Å². The highest BCUT2D eigenvalue weighted by Crippen LogP contribution is 2.37. The van der Waals surface area contributed by atoms with Crippen molar-refractivity contribution in [2.75, 3.05) is 18.9 Å². The lowest BCUT2D eigenvalue weighted by atomic mass is 9.98. The van der Waals surface area contributed by atoms with E-state index in [-0.39, 0.29) is 15.8 Å². The van der Waals surface area contributed by atoms with Gasteiger partial charge < -0.3 is 15.0 Å². The van der Waals surface area contributed by atoms with Gasteiger partial charge in [0.1, 0.15) is 0 Å².